The van der Waals surface area contributed by atoms with Gasteiger partial charge >= 0.3 is 11.9 Å². The molecule has 0 radical (unpaired) electrons. The Morgan fingerprint density at radius 3 is 2.44 bits per heavy atom. The van der Waals surface area contributed by atoms with E-state index < -0.39 is 57.1 Å². The summed E-state index contributed by atoms with van der Waals surface area (Å²) in [5.41, 5.74) is -1.17. The van der Waals surface area contributed by atoms with Gasteiger partial charge in [0.15, 0.2) is 21.3 Å². The van der Waals surface area contributed by atoms with E-state index in [4.69, 9.17) is 19.3 Å². The number of carbonyl (C=O) groups excluding carboxylic acids is 3. The SMILES string of the molecule is CC(=O)OCC1=C(C(=O)OC(C)(C)C)N2C(=O)[C@H](OCCO)[C@H]2S(=O)(=O)C1. The fourth-order valence-corrected chi connectivity index (χ4v) is 4.77. The Balaban J connectivity index is 2.45. The summed E-state index contributed by atoms with van der Waals surface area (Å²) in [7, 11) is -3.90. The topological polar surface area (TPSA) is 137 Å². The van der Waals surface area contributed by atoms with Gasteiger partial charge in [0.2, 0.25) is 0 Å². The van der Waals surface area contributed by atoms with Crippen LogP contribution >= 0.6 is 0 Å². The van der Waals surface area contributed by atoms with Crippen LogP contribution in [0.25, 0.3) is 0 Å². The highest BCUT2D eigenvalue weighted by atomic mass is 32.2. The third kappa shape index (κ3) is 4.47. The molecule has 10 nitrogen and oxygen atoms in total. The van der Waals surface area contributed by atoms with Gasteiger partial charge in [-0.05, 0) is 20.8 Å². The molecule has 2 atom stereocenters. The molecule has 1 fully saturated rings. The van der Waals surface area contributed by atoms with Gasteiger partial charge < -0.3 is 19.3 Å². The van der Waals surface area contributed by atoms with Gasteiger partial charge in [-0.3, -0.25) is 14.5 Å². The molecule has 0 aromatic rings. The van der Waals surface area contributed by atoms with E-state index in [1.807, 2.05) is 0 Å². The number of fused-ring (bicyclic) bond motifs is 1. The van der Waals surface area contributed by atoms with Crippen LogP contribution in [0, 0.1) is 0 Å². The molecule has 27 heavy (non-hydrogen) atoms. The molecule has 2 heterocycles. The maximum absolute atomic E-state index is 12.6. The van der Waals surface area contributed by atoms with E-state index in [1.165, 1.54) is 0 Å². The van der Waals surface area contributed by atoms with Gasteiger partial charge in [0.05, 0.1) is 19.0 Å². The largest absolute Gasteiger partial charge is 0.461 e. The van der Waals surface area contributed by atoms with E-state index in [9.17, 15) is 22.8 Å². The maximum Gasteiger partial charge on any atom is 0.355 e. The predicted molar refractivity (Wildman–Crippen MR) is 90.8 cm³/mol. The molecule has 1 N–H and O–H groups in total. The standard InChI is InChI=1S/C16H23NO9S/c1-9(19)25-7-10-8-27(22,23)14-12(24-6-5-18)13(20)17(14)11(10)15(21)26-16(2,3)4/h12,14,18H,5-8H2,1-4H3/t12-,14+/m0/s1. The molecule has 11 heteroatoms. The molecule has 2 aliphatic rings. The number of aliphatic hydroxyl groups is 1. The van der Waals surface area contributed by atoms with Crippen molar-refractivity contribution in [2.75, 3.05) is 25.6 Å². The van der Waals surface area contributed by atoms with Gasteiger partial charge in [0, 0.05) is 12.5 Å². The van der Waals surface area contributed by atoms with Gasteiger partial charge in [-0.2, -0.15) is 0 Å². The van der Waals surface area contributed by atoms with Crippen molar-refractivity contribution in [3.63, 3.8) is 0 Å². The molecule has 1 saturated heterocycles. The highest BCUT2D eigenvalue weighted by Crippen LogP contribution is 2.39. The number of sulfone groups is 1. The van der Waals surface area contributed by atoms with Crippen molar-refractivity contribution in [3.8, 4) is 0 Å². The number of β-lactam (4-membered cyclic amide) rings is 1. The van der Waals surface area contributed by atoms with Crippen molar-refractivity contribution in [1.82, 2.24) is 4.90 Å². The van der Waals surface area contributed by atoms with Crippen molar-refractivity contribution in [1.29, 1.82) is 0 Å². The van der Waals surface area contributed by atoms with Crippen molar-refractivity contribution in [2.24, 2.45) is 0 Å². The van der Waals surface area contributed by atoms with Gasteiger partial charge in [0.1, 0.15) is 17.9 Å². The highest BCUT2D eigenvalue weighted by molar-refractivity contribution is 7.92. The molecule has 0 unspecified atom stereocenters. The molecule has 0 aromatic carbocycles. The lowest BCUT2D eigenvalue weighted by Crippen LogP contribution is -2.71. The zero-order chi connectivity index (χ0) is 20.6. The zero-order valence-corrected chi connectivity index (χ0v) is 16.4. The lowest BCUT2D eigenvalue weighted by atomic mass is 10.0. The highest BCUT2D eigenvalue weighted by Gasteiger charge is 2.61. The molecular weight excluding hydrogens is 382 g/mol. The molecule has 0 aromatic heterocycles. The van der Waals surface area contributed by atoms with Gasteiger partial charge in [-0.15, -0.1) is 0 Å². The Kier molecular flexibility index (Phi) is 5.97. The molecule has 2 aliphatic heterocycles. The van der Waals surface area contributed by atoms with E-state index in [2.05, 4.69) is 0 Å². The second-order valence-corrected chi connectivity index (χ2v) is 9.25. The van der Waals surface area contributed by atoms with Crippen LogP contribution in [0.4, 0.5) is 0 Å². The van der Waals surface area contributed by atoms with E-state index in [0.29, 0.717) is 0 Å². The van der Waals surface area contributed by atoms with E-state index in [0.717, 1.165) is 11.8 Å². The van der Waals surface area contributed by atoms with Crippen molar-refractivity contribution >= 4 is 27.7 Å². The monoisotopic (exact) mass is 405 g/mol. The summed E-state index contributed by atoms with van der Waals surface area (Å²) in [4.78, 5) is 37.0. The first-order valence-electron chi connectivity index (χ1n) is 8.25. The van der Waals surface area contributed by atoms with Crippen LogP contribution in [0.2, 0.25) is 0 Å². The summed E-state index contributed by atoms with van der Waals surface area (Å²) in [6, 6.07) is 0. The first-order valence-corrected chi connectivity index (χ1v) is 9.96. The maximum atomic E-state index is 12.6. The van der Waals surface area contributed by atoms with Crippen molar-refractivity contribution < 1.29 is 42.1 Å². The first kappa shape index (κ1) is 21.3. The van der Waals surface area contributed by atoms with E-state index in [-0.39, 0.29) is 24.5 Å². The fraction of sp³-hybridized carbons (Fsp3) is 0.688. The molecule has 2 rings (SSSR count). The number of hydrogen-bond donors (Lipinski definition) is 1. The minimum absolute atomic E-state index is 0.0374. The Labute approximate surface area is 157 Å². The quantitative estimate of drug-likeness (QED) is 0.441. The minimum atomic E-state index is -3.90. The van der Waals surface area contributed by atoms with Crippen LogP contribution in [0.15, 0.2) is 11.3 Å². The number of amides is 1. The smallest absolute Gasteiger partial charge is 0.355 e. The fourth-order valence-electron chi connectivity index (χ4n) is 2.79. The molecule has 0 spiro atoms. The molecule has 152 valence electrons. The molecule has 1 amide bonds. The Bertz CT molecular complexity index is 778. The number of carbonyl (C=O) groups is 3. The average Bonchev–Trinajstić information content (AvgIpc) is 2.50. The van der Waals surface area contributed by atoms with Gasteiger partial charge in [-0.25, -0.2) is 13.2 Å². The van der Waals surface area contributed by atoms with Crippen LogP contribution in [0.1, 0.15) is 27.7 Å². The molecule has 0 saturated carbocycles. The first-order chi connectivity index (χ1) is 12.4. The minimum Gasteiger partial charge on any atom is -0.461 e. The number of nitrogens with zero attached hydrogens (tertiary/aromatic N) is 1. The summed E-state index contributed by atoms with van der Waals surface area (Å²) < 4.78 is 40.5. The second kappa shape index (κ2) is 7.56. The average molecular weight is 405 g/mol. The van der Waals surface area contributed by atoms with Crippen LogP contribution in [-0.2, 0) is 38.4 Å². The van der Waals surface area contributed by atoms with E-state index >= 15 is 0 Å². The lowest BCUT2D eigenvalue weighted by molar-refractivity contribution is -0.170. The van der Waals surface area contributed by atoms with Crippen molar-refractivity contribution in [3.05, 3.63) is 11.3 Å². The second-order valence-electron chi connectivity index (χ2n) is 7.16. The number of ether oxygens (including phenoxy) is 3. The summed E-state index contributed by atoms with van der Waals surface area (Å²) in [6.07, 6.45) is -1.31. The van der Waals surface area contributed by atoms with Crippen LogP contribution in [0.3, 0.4) is 0 Å². The summed E-state index contributed by atoms with van der Waals surface area (Å²) in [5.74, 6) is -2.87. The number of esters is 2. The predicted octanol–water partition coefficient (Wildman–Crippen LogP) is -0.880. The Morgan fingerprint density at radius 2 is 1.93 bits per heavy atom. The van der Waals surface area contributed by atoms with Gasteiger partial charge in [-0.1, -0.05) is 0 Å². The van der Waals surface area contributed by atoms with Crippen LogP contribution < -0.4 is 0 Å². The Morgan fingerprint density at radius 1 is 1.30 bits per heavy atom. The summed E-state index contributed by atoms with van der Waals surface area (Å²) in [6.45, 7) is 4.95. The molecule has 0 bridgehead atoms. The van der Waals surface area contributed by atoms with Crippen molar-refractivity contribution in [2.45, 2.75) is 44.8 Å². The third-order valence-electron chi connectivity index (χ3n) is 3.74. The lowest BCUT2D eigenvalue weighted by Gasteiger charge is -2.48. The Hall–Kier alpha value is -1.98. The number of hydrogen-bond acceptors (Lipinski definition) is 9. The van der Waals surface area contributed by atoms with Crippen LogP contribution in [0.5, 0.6) is 0 Å². The number of rotatable bonds is 6. The molecule has 0 aliphatic carbocycles. The number of aliphatic hydroxyl groups excluding tert-OH is 1. The van der Waals surface area contributed by atoms with Gasteiger partial charge in [0.25, 0.3) is 5.91 Å². The van der Waals surface area contributed by atoms with Crippen LogP contribution in [-0.4, -0.2) is 78.9 Å². The third-order valence-corrected chi connectivity index (χ3v) is 5.69. The molecular formula is C16H23NO9S. The van der Waals surface area contributed by atoms with E-state index in [1.54, 1.807) is 20.8 Å². The summed E-state index contributed by atoms with van der Waals surface area (Å²) >= 11 is 0. The normalized spacial score (nSPS) is 24.2. The summed E-state index contributed by atoms with van der Waals surface area (Å²) in [5, 5.41) is 7.46. The zero-order valence-electron chi connectivity index (χ0n) is 15.6.